The fourth-order valence-electron chi connectivity index (χ4n) is 4.79. The van der Waals surface area contributed by atoms with Crippen LogP contribution in [0.1, 0.15) is 57.1 Å². The predicted molar refractivity (Wildman–Crippen MR) is 104 cm³/mol. The van der Waals surface area contributed by atoms with Gasteiger partial charge in [0.05, 0.1) is 25.7 Å². The molecule has 1 aliphatic carbocycles. The van der Waals surface area contributed by atoms with E-state index in [0.29, 0.717) is 25.4 Å². The molecule has 3 heterocycles. The summed E-state index contributed by atoms with van der Waals surface area (Å²) in [5, 5.41) is 7.66. The lowest BCUT2D eigenvalue weighted by atomic mass is 9.74. The van der Waals surface area contributed by atoms with Crippen LogP contribution in [0, 0.1) is 0 Å². The molecule has 8 nitrogen and oxygen atoms in total. The SMILES string of the molecule is CCCN1CC(CC(=O)NC2CCc3nc(COC)nn3C2)OCC12CCC2. The lowest BCUT2D eigenvalue weighted by Gasteiger charge is -2.54. The first-order chi connectivity index (χ1) is 13.6. The quantitative estimate of drug-likeness (QED) is 0.754. The lowest BCUT2D eigenvalue weighted by Crippen LogP contribution is -2.63. The number of carbonyl (C=O) groups is 1. The number of aromatic nitrogens is 3. The number of nitrogens with one attached hydrogen (secondary N) is 1. The van der Waals surface area contributed by atoms with Gasteiger partial charge in [0, 0.05) is 31.7 Å². The summed E-state index contributed by atoms with van der Waals surface area (Å²) in [5.41, 5.74) is 0.260. The number of nitrogens with zero attached hydrogens (tertiary/aromatic N) is 4. The molecule has 2 aliphatic heterocycles. The van der Waals surface area contributed by atoms with E-state index >= 15 is 0 Å². The maximum Gasteiger partial charge on any atom is 0.222 e. The number of morpholine rings is 1. The van der Waals surface area contributed by atoms with Gasteiger partial charge < -0.3 is 14.8 Å². The normalized spacial score (nSPS) is 26.6. The molecule has 0 bridgehead atoms. The van der Waals surface area contributed by atoms with Crippen LogP contribution in [0.2, 0.25) is 0 Å². The minimum absolute atomic E-state index is 0.00315. The van der Waals surface area contributed by atoms with Gasteiger partial charge >= 0.3 is 0 Å². The predicted octanol–water partition coefficient (Wildman–Crippen LogP) is 1.28. The molecule has 1 N–H and O–H groups in total. The molecule has 1 aromatic heterocycles. The molecule has 8 heteroatoms. The monoisotopic (exact) mass is 391 g/mol. The van der Waals surface area contributed by atoms with Gasteiger partial charge in [-0.2, -0.15) is 5.10 Å². The Kier molecular flexibility index (Phi) is 5.99. The Labute approximate surface area is 167 Å². The third-order valence-electron chi connectivity index (χ3n) is 6.41. The number of fused-ring (bicyclic) bond motifs is 1. The number of carbonyl (C=O) groups excluding carboxylic acids is 1. The van der Waals surface area contributed by atoms with Gasteiger partial charge in [-0.15, -0.1) is 0 Å². The van der Waals surface area contributed by atoms with Gasteiger partial charge in [0.2, 0.25) is 5.91 Å². The van der Waals surface area contributed by atoms with E-state index in [9.17, 15) is 4.79 Å². The molecule has 0 aromatic carbocycles. The van der Waals surface area contributed by atoms with Crippen molar-refractivity contribution in [3.8, 4) is 0 Å². The summed E-state index contributed by atoms with van der Waals surface area (Å²) >= 11 is 0. The van der Waals surface area contributed by atoms with E-state index < -0.39 is 0 Å². The maximum atomic E-state index is 12.6. The summed E-state index contributed by atoms with van der Waals surface area (Å²) in [4.78, 5) is 19.7. The molecule has 2 fully saturated rings. The van der Waals surface area contributed by atoms with E-state index in [1.165, 1.54) is 19.3 Å². The largest absolute Gasteiger partial charge is 0.377 e. The Bertz CT molecular complexity index is 687. The molecule has 2 atom stereocenters. The highest BCUT2D eigenvalue weighted by Gasteiger charge is 2.46. The van der Waals surface area contributed by atoms with Gasteiger partial charge in [-0.05, 0) is 38.6 Å². The number of hydrogen-bond acceptors (Lipinski definition) is 6. The fourth-order valence-corrected chi connectivity index (χ4v) is 4.79. The molecule has 2 unspecified atom stereocenters. The van der Waals surface area contributed by atoms with Crippen LogP contribution in [-0.4, -0.2) is 70.1 Å². The van der Waals surface area contributed by atoms with E-state index in [4.69, 9.17) is 9.47 Å². The van der Waals surface area contributed by atoms with E-state index in [1.54, 1.807) is 7.11 Å². The van der Waals surface area contributed by atoms with Crippen LogP contribution in [0.3, 0.4) is 0 Å². The van der Waals surface area contributed by atoms with Gasteiger partial charge in [-0.1, -0.05) is 6.92 Å². The topological polar surface area (TPSA) is 81.5 Å². The highest BCUT2D eigenvalue weighted by molar-refractivity contribution is 5.76. The molecule has 156 valence electrons. The van der Waals surface area contributed by atoms with Crippen molar-refractivity contribution in [2.75, 3.05) is 26.8 Å². The van der Waals surface area contributed by atoms with Gasteiger partial charge in [0.15, 0.2) is 5.82 Å². The van der Waals surface area contributed by atoms with Crippen molar-refractivity contribution < 1.29 is 14.3 Å². The van der Waals surface area contributed by atoms with Crippen molar-refractivity contribution in [3.05, 3.63) is 11.6 Å². The second kappa shape index (κ2) is 8.47. The third-order valence-corrected chi connectivity index (χ3v) is 6.41. The van der Waals surface area contributed by atoms with Crippen LogP contribution in [-0.2, 0) is 33.8 Å². The molecule has 0 radical (unpaired) electrons. The zero-order valence-electron chi connectivity index (χ0n) is 17.2. The van der Waals surface area contributed by atoms with Gasteiger partial charge in [0.25, 0.3) is 0 Å². The van der Waals surface area contributed by atoms with E-state index in [-0.39, 0.29) is 23.6 Å². The summed E-state index contributed by atoms with van der Waals surface area (Å²) in [6, 6.07) is 0.102. The number of methoxy groups -OCH3 is 1. The van der Waals surface area contributed by atoms with Crippen LogP contribution >= 0.6 is 0 Å². The molecule has 3 aliphatic rings. The Hall–Kier alpha value is -1.51. The number of aryl methyl sites for hydroxylation is 1. The average Bonchev–Trinajstić information content (AvgIpc) is 3.03. The molecule has 1 saturated carbocycles. The number of amides is 1. The molecule has 28 heavy (non-hydrogen) atoms. The standard InChI is InChI=1S/C20H33N5O3/c1-3-9-24-12-16(28-14-20(24)7-4-8-20)10-19(26)21-15-5-6-18-22-17(13-27-2)23-25(18)11-15/h15-16H,3-14H2,1-2H3,(H,21,26). The second-order valence-electron chi connectivity index (χ2n) is 8.52. The van der Waals surface area contributed by atoms with Gasteiger partial charge in [-0.3, -0.25) is 9.69 Å². The molecule has 1 spiro atoms. The summed E-state index contributed by atoms with van der Waals surface area (Å²) < 4.78 is 13.1. The third kappa shape index (κ3) is 4.09. The van der Waals surface area contributed by atoms with E-state index in [1.807, 2.05) is 4.68 Å². The first-order valence-electron chi connectivity index (χ1n) is 10.7. The van der Waals surface area contributed by atoms with Crippen molar-refractivity contribution in [3.63, 3.8) is 0 Å². The van der Waals surface area contributed by atoms with Crippen molar-refractivity contribution in [2.45, 2.75) is 82.7 Å². The first-order valence-corrected chi connectivity index (χ1v) is 10.7. The molecule has 1 aromatic rings. The fraction of sp³-hybridized carbons (Fsp3) is 0.850. The molecule has 1 saturated heterocycles. The first kappa shape index (κ1) is 19.8. The zero-order chi connectivity index (χ0) is 19.6. The average molecular weight is 392 g/mol. The summed E-state index contributed by atoms with van der Waals surface area (Å²) in [6.07, 6.45) is 7.07. The van der Waals surface area contributed by atoms with Crippen molar-refractivity contribution >= 4 is 5.91 Å². The van der Waals surface area contributed by atoms with Crippen LogP contribution in [0.25, 0.3) is 0 Å². The summed E-state index contributed by atoms with van der Waals surface area (Å²) in [7, 11) is 1.64. The summed E-state index contributed by atoms with van der Waals surface area (Å²) in [6.45, 7) is 6.07. The summed E-state index contributed by atoms with van der Waals surface area (Å²) in [5.74, 6) is 1.77. The zero-order valence-corrected chi connectivity index (χ0v) is 17.2. The lowest BCUT2D eigenvalue weighted by molar-refractivity contribution is -0.151. The van der Waals surface area contributed by atoms with Crippen molar-refractivity contribution in [1.82, 2.24) is 25.0 Å². The number of ether oxygens (including phenoxy) is 2. The maximum absolute atomic E-state index is 12.6. The smallest absolute Gasteiger partial charge is 0.222 e. The molecule has 1 amide bonds. The Morgan fingerprint density at radius 1 is 1.39 bits per heavy atom. The number of rotatable bonds is 7. The van der Waals surface area contributed by atoms with Gasteiger partial charge in [-0.25, -0.2) is 9.67 Å². The Morgan fingerprint density at radius 3 is 2.96 bits per heavy atom. The molecular formula is C20H33N5O3. The van der Waals surface area contributed by atoms with Crippen LogP contribution < -0.4 is 5.32 Å². The molecular weight excluding hydrogens is 358 g/mol. The number of hydrogen-bond donors (Lipinski definition) is 1. The highest BCUT2D eigenvalue weighted by atomic mass is 16.5. The molecule has 4 rings (SSSR count). The minimum Gasteiger partial charge on any atom is -0.377 e. The van der Waals surface area contributed by atoms with Gasteiger partial charge in [0.1, 0.15) is 12.4 Å². The second-order valence-corrected chi connectivity index (χ2v) is 8.52. The minimum atomic E-state index is -0.00315. The van der Waals surface area contributed by atoms with Crippen LogP contribution in [0.4, 0.5) is 0 Å². The van der Waals surface area contributed by atoms with Crippen LogP contribution in [0.15, 0.2) is 0 Å². The van der Waals surface area contributed by atoms with Crippen molar-refractivity contribution in [1.29, 1.82) is 0 Å². The van der Waals surface area contributed by atoms with Crippen LogP contribution in [0.5, 0.6) is 0 Å². The Balaban J connectivity index is 1.27. The van der Waals surface area contributed by atoms with E-state index in [2.05, 4.69) is 27.2 Å². The van der Waals surface area contributed by atoms with Crippen molar-refractivity contribution in [2.24, 2.45) is 0 Å². The highest BCUT2D eigenvalue weighted by Crippen LogP contribution is 2.41. The Morgan fingerprint density at radius 2 is 2.25 bits per heavy atom. The van der Waals surface area contributed by atoms with E-state index in [0.717, 1.165) is 44.8 Å².